The molecule has 0 saturated heterocycles. The van der Waals surface area contributed by atoms with E-state index < -0.39 is 11.7 Å². The van der Waals surface area contributed by atoms with Crippen LogP contribution in [0.2, 0.25) is 10.0 Å². The molecule has 0 atom stereocenters. The minimum absolute atomic E-state index is 0.0541. The highest BCUT2D eigenvalue weighted by Gasteiger charge is 2.31. The number of pyridine rings is 1. The number of nitrogen functional groups attached to an aromatic ring is 1. The van der Waals surface area contributed by atoms with Gasteiger partial charge in [-0.15, -0.1) is 0 Å². The zero-order valence-electron chi connectivity index (χ0n) is 9.80. The van der Waals surface area contributed by atoms with Crippen molar-refractivity contribution in [2.45, 2.75) is 6.18 Å². The average molecular weight is 322 g/mol. The van der Waals surface area contributed by atoms with Crippen LogP contribution in [-0.4, -0.2) is 4.98 Å². The van der Waals surface area contributed by atoms with E-state index in [-0.39, 0.29) is 16.7 Å². The van der Waals surface area contributed by atoms with E-state index in [1.165, 1.54) is 12.1 Å². The molecule has 0 aliphatic rings. The fourth-order valence-electron chi connectivity index (χ4n) is 1.51. The maximum absolute atomic E-state index is 12.7. The van der Waals surface area contributed by atoms with Gasteiger partial charge in [0, 0.05) is 5.02 Å². The molecular weight excluding hydrogens is 314 g/mol. The molecule has 0 aliphatic heterocycles. The van der Waals surface area contributed by atoms with Crippen LogP contribution in [0.15, 0.2) is 30.3 Å². The molecule has 0 spiro atoms. The Kier molecular flexibility index (Phi) is 3.96. The molecule has 0 saturated carbocycles. The fraction of sp³-hybridized carbons (Fsp3) is 0.0833. The monoisotopic (exact) mass is 321 g/mol. The largest absolute Gasteiger partial charge is 0.416 e. The van der Waals surface area contributed by atoms with Gasteiger partial charge in [0.15, 0.2) is 0 Å². The number of alkyl halides is 3. The first-order chi connectivity index (χ1) is 9.25. The third kappa shape index (κ3) is 3.46. The molecule has 1 aromatic carbocycles. The predicted octanol–water partition coefficient (Wildman–Crippen LogP) is 4.73. The zero-order valence-corrected chi connectivity index (χ0v) is 11.3. The summed E-state index contributed by atoms with van der Waals surface area (Å²) in [6.45, 7) is 0. The van der Waals surface area contributed by atoms with E-state index in [0.717, 1.165) is 12.1 Å². The number of anilines is 3. The number of benzene rings is 1. The van der Waals surface area contributed by atoms with Gasteiger partial charge in [-0.05, 0) is 30.3 Å². The lowest BCUT2D eigenvalue weighted by molar-refractivity contribution is -0.137. The highest BCUT2D eigenvalue weighted by molar-refractivity contribution is 6.36. The van der Waals surface area contributed by atoms with E-state index in [9.17, 15) is 13.2 Å². The highest BCUT2D eigenvalue weighted by atomic mass is 35.5. The number of hydrogen-bond donors (Lipinski definition) is 2. The van der Waals surface area contributed by atoms with E-state index in [1.807, 2.05) is 0 Å². The molecule has 0 aliphatic carbocycles. The second-order valence-corrected chi connectivity index (χ2v) is 4.76. The van der Waals surface area contributed by atoms with Crippen LogP contribution in [0.4, 0.5) is 30.5 Å². The van der Waals surface area contributed by atoms with Crippen molar-refractivity contribution < 1.29 is 13.2 Å². The number of nitrogens with two attached hydrogens (primary N) is 1. The van der Waals surface area contributed by atoms with Crippen LogP contribution < -0.4 is 11.1 Å². The van der Waals surface area contributed by atoms with Gasteiger partial charge in [0.1, 0.15) is 11.6 Å². The lowest BCUT2D eigenvalue weighted by atomic mass is 10.2. The van der Waals surface area contributed by atoms with Gasteiger partial charge in [-0.2, -0.15) is 13.2 Å². The predicted molar refractivity (Wildman–Crippen MR) is 73.4 cm³/mol. The van der Waals surface area contributed by atoms with Crippen molar-refractivity contribution in [1.82, 2.24) is 4.98 Å². The number of aromatic nitrogens is 1. The van der Waals surface area contributed by atoms with Gasteiger partial charge in [0.2, 0.25) is 0 Å². The van der Waals surface area contributed by atoms with Gasteiger partial charge in [-0.3, -0.25) is 0 Å². The minimum Gasteiger partial charge on any atom is -0.384 e. The lowest BCUT2D eigenvalue weighted by Crippen LogP contribution is -2.08. The summed E-state index contributed by atoms with van der Waals surface area (Å²) in [4.78, 5) is 3.78. The SMILES string of the molecule is Nc1cc(C(F)(F)F)cc(Nc2ccc(Cl)cc2Cl)n1. The van der Waals surface area contributed by atoms with Crippen molar-refractivity contribution in [2.75, 3.05) is 11.1 Å². The summed E-state index contributed by atoms with van der Waals surface area (Å²) in [7, 11) is 0. The van der Waals surface area contributed by atoms with Crippen LogP contribution in [-0.2, 0) is 6.18 Å². The van der Waals surface area contributed by atoms with Crippen LogP contribution in [0, 0.1) is 0 Å². The molecule has 0 bridgehead atoms. The Morgan fingerprint density at radius 1 is 1.10 bits per heavy atom. The van der Waals surface area contributed by atoms with Gasteiger partial charge in [-0.25, -0.2) is 4.98 Å². The molecule has 8 heteroatoms. The Morgan fingerprint density at radius 2 is 1.80 bits per heavy atom. The Labute approximate surface area is 122 Å². The van der Waals surface area contributed by atoms with Crippen LogP contribution in [0.3, 0.4) is 0 Å². The fourth-order valence-corrected chi connectivity index (χ4v) is 1.96. The van der Waals surface area contributed by atoms with Crippen molar-refractivity contribution in [2.24, 2.45) is 0 Å². The Bertz CT molecular complexity index is 644. The second-order valence-electron chi connectivity index (χ2n) is 3.91. The van der Waals surface area contributed by atoms with Crippen LogP contribution in [0.25, 0.3) is 0 Å². The van der Waals surface area contributed by atoms with Crippen molar-refractivity contribution in [1.29, 1.82) is 0 Å². The van der Waals surface area contributed by atoms with Crippen LogP contribution in [0.5, 0.6) is 0 Å². The van der Waals surface area contributed by atoms with Gasteiger partial charge in [0.25, 0.3) is 0 Å². The maximum atomic E-state index is 12.7. The summed E-state index contributed by atoms with van der Waals surface area (Å²) in [5.74, 6) is -0.297. The first kappa shape index (κ1) is 14.7. The normalized spacial score (nSPS) is 11.4. The summed E-state index contributed by atoms with van der Waals surface area (Å²) in [5, 5.41) is 3.34. The molecule has 1 aromatic heterocycles. The van der Waals surface area contributed by atoms with Gasteiger partial charge < -0.3 is 11.1 Å². The van der Waals surface area contributed by atoms with E-state index in [1.54, 1.807) is 6.07 Å². The Morgan fingerprint density at radius 3 is 2.40 bits per heavy atom. The van der Waals surface area contributed by atoms with Crippen molar-refractivity contribution in [3.05, 3.63) is 45.9 Å². The Hall–Kier alpha value is -1.66. The molecule has 0 radical (unpaired) electrons. The van der Waals surface area contributed by atoms with E-state index in [0.29, 0.717) is 10.7 Å². The summed E-state index contributed by atoms with van der Waals surface area (Å²) >= 11 is 11.7. The minimum atomic E-state index is -4.50. The zero-order chi connectivity index (χ0) is 14.9. The molecule has 106 valence electrons. The highest BCUT2D eigenvalue weighted by Crippen LogP contribution is 2.33. The number of nitrogens with one attached hydrogen (secondary N) is 1. The van der Waals surface area contributed by atoms with Crippen molar-refractivity contribution in [3.8, 4) is 0 Å². The summed E-state index contributed by atoms with van der Waals surface area (Å²) in [6, 6.07) is 6.15. The van der Waals surface area contributed by atoms with Crippen molar-refractivity contribution in [3.63, 3.8) is 0 Å². The first-order valence-electron chi connectivity index (χ1n) is 5.32. The van der Waals surface area contributed by atoms with Crippen molar-refractivity contribution >= 4 is 40.5 Å². The summed E-state index contributed by atoms with van der Waals surface area (Å²) in [5.41, 5.74) is 4.85. The second kappa shape index (κ2) is 5.38. The maximum Gasteiger partial charge on any atom is 0.416 e. The third-order valence-electron chi connectivity index (χ3n) is 2.37. The molecule has 20 heavy (non-hydrogen) atoms. The van der Waals surface area contributed by atoms with Gasteiger partial charge in [-0.1, -0.05) is 23.2 Å². The standard InChI is InChI=1S/C12H8Cl2F3N3/c13-7-1-2-9(8(14)5-7)19-11-4-6(12(15,16)17)3-10(18)20-11/h1-5H,(H3,18,19,20). The smallest absolute Gasteiger partial charge is 0.384 e. The summed E-state index contributed by atoms with van der Waals surface area (Å²) < 4.78 is 38.0. The van der Waals surface area contributed by atoms with E-state index in [4.69, 9.17) is 28.9 Å². The summed E-state index contributed by atoms with van der Waals surface area (Å²) in [6.07, 6.45) is -4.50. The molecule has 0 fully saturated rings. The molecule has 3 nitrogen and oxygen atoms in total. The molecule has 3 N–H and O–H groups in total. The number of nitrogens with zero attached hydrogens (tertiary/aromatic N) is 1. The molecule has 1 heterocycles. The van der Waals surface area contributed by atoms with Gasteiger partial charge in [0.05, 0.1) is 16.3 Å². The van der Waals surface area contributed by atoms with Gasteiger partial charge >= 0.3 is 6.18 Å². The number of rotatable bonds is 2. The molecule has 2 rings (SSSR count). The number of halogens is 5. The molecular formula is C12H8Cl2F3N3. The molecule has 0 unspecified atom stereocenters. The molecule has 0 amide bonds. The van der Waals surface area contributed by atoms with E-state index >= 15 is 0 Å². The first-order valence-corrected chi connectivity index (χ1v) is 6.08. The lowest BCUT2D eigenvalue weighted by Gasteiger charge is -2.12. The third-order valence-corrected chi connectivity index (χ3v) is 2.91. The van der Waals surface area contributed by atoms with Crippen LogP contribution >= 0.6 is 23.2 Å². The quantitative estimate of drug-likeness (QED) is 0.840. The average Bonchev–Trinajstić information content (AvgIpc) is 2.31. The number of hydrogen-bond acceptors (Lipinski definition) is 3. The van der Waals surface area contributed by atoms with E-state index in [2.05, 4.69) is 10.3 Å². The van der Waals surface area contributed by atoms with Crippen LogP contribution in [0.1, 0.15) is 5.56 Å². The Balaban J connectivity index is 2.36. The molecule has 2 aromatic rings. The topological polar surface area (TPSA) is 50.9 Å².